The van der Waals surface area contributed by atoms with Crippen LogP contribution in [0.25, 0.3) is 11.5 Å². The summed E-state index contributed by atoms with van der Waals surface area (Å²) in [5.41, 5.74) is 6.51. The fraction of sp³-hybridized carbons (Fsp3) is 0.400. The number of aromatic nitrogens is 4. The topological polar surface area (TPSA) is 90.7 Å². The van der Waals surface area contributed by atoms with Gasteiger partial charge in [-0.25, -0.2) is 4.98 Å². The zero-order valence-electron chi connectivity index (χ0n) is 9.41. The first-order valence-corrected chi connectivity index (χ1v) is 6.55. The second-order valence-electron chi connectivity index (χ2n) is 3.43. The van der Waals surface area contributed by atoms with E-state index in [2.05, 4.69) is 20.1 Å². The van der Waals surface area contributed by atoms with E-state index in [9.17, 15) is 0 Å². The van der Waals surface area contributed by atoms with Gasteiger partial charge >= 0.3 is 0 Å². The van der Waals surface area contributed by atoms with Crippen molar-refractivity contribution in [3.63, 3.8) is 0 Å². The van der Waals surface area contributed by atoms with Gasteiger partial charge in [-0.3, -0.25) is 4.98 Å². The Morgan fingerprint density at radius 3 is 3.06 bits per heavy atom. The number of hydrogen-bond acceptors (Lipinski definition) is 7. The van der Waals surface area contributed by atoms with Crippen molar-refractivity contribution in [3.05, 3.63) is 24.5 Å². The van der Waals surface area contributed by atoms with Crippen molar-refractivity contribution in [1.29, 1.82) is 0 Å². The summed E-state index contributed by atoms with van der Waals surface area (Å²) in [4.78, 5) is 12.3. The van der Waals surface area contributed by atoms with Gasteiger partial charge in [0.15, 0.2) is 0 Å². The van der Waals surface area contributed by atoms with Crippen LogP contribution in [0.4, 0.5) is 0 Å². The van der Waals surface area contributed by atoms with Crippen LogP contribution < -0.4 is 5.73 Å². The normalized spacial score (nSPS) is 12.6. The third kappa shape index (κ3) is 3.01. The highest BCUT2D eigenvalue weighted by Gasteiger charge is 2.15. The van der Waals surface area contributed by atoms with Crippen molar-refractivity contribution in [1.82, 2.24) is 20.1 Å². The van der Waals surface area contributed by atoms with Crippen LogP contribution in [0.5, 0.6) is 0 Å². The summed E-state index contributed by atoms with van der Waals surface area (Å²) < 4.78 is 5.11. The Morgan fingerprint density at radius 1 is 1.47 bits per heavy atom. The highest BCUT2D eigenvalue weighted by atomic mass is 32.2. The molecule has 1 unspecified atom stereocenters. The molecule has 0 fully saturated rings. The van der Waals surface area contributed by atoms with E-state index in [1.165, 1.54) is 0 Å². The van der Waals surface area contributed by atoms with Crippen LogP contribution in [0.2, 0.25) is 0 Å². The molecule has 0 amide bonds. The van der Waals surface area contributed by atoms with Crippen LogP contribution >= 0.6 is 11.8 Å². The van der Waals surface area contributed by atoms with Crippen molar-refractivity contribution >= 4 is 11.8 Å². The molecular formula is C10H13N5OS. The summed E-state index contributed by atoms with van der Waals surface area (Å²) in [7, 11) is 0. The first-order valence-electron chi connectivity index (χ1n) is 5.15. The minimum atomic E-state index is -0.222. The summed E-state index contributed by atoms with van der Waals surface area (Å²) in [6.07, 6.45) is 7.60. The molecule has 1 atom stereocenters. The molecule has 0 aliphatic carbocycles. The van der Waals surface area contributed by atoms with Crippen LogP contribution in [0, 0.1) is 0 Å². The Hall–Kier alpha value is -1.47. The quantitative estimate of drug-likeness (QED) is 0.855. The highest BCUT2D eigenvalue weighted by Crippen LogP contribution is 2.17. The molecule has 2 rings (SSSR count). The first-order chi connectivity index (χ1) is 8.31. The molecule has 2 heterocycles. The zero-order chi connectivity index (χ0) is 12.1. The second kappa shape index (κ2) is 5.74. The molecular weight excluding hydrogens is 238 g/mol. The summed E-state index contributed by atoms with van der Waals surface area (Å²) >= 11 is 1.74. The van der Waals surface area contributed by atoms with E-state index in [1.54, 1.807) is 30.4 Å². The summed E-state index contributed by atoms with van der Waals surface area (Å²) in [5, 5.41) is 3.84. The van der Waals surface area contributed by atoms with Gasteiger partial charge in [0.05, 0.1) is 12.2 Å². The molecule has 0 aliphatic heterocycles. The lowest BCUT2D eigenvalue weighted by atomic mass is 10.2. The minimum Gasteiger partial charge on any atom is -0.337 e. The molecule has 17 heavy (non-hydrogen) atoms. The number of rotatable bonds is 5. The van der Waals surface area contributed by atoms with Gasteiger partial charge in [0, 0.05) is 12.4 Å². The first kappa shape index (κ1) is 12.0. The molecule has 0 bridgehead atoms. The molecule has 2 aromatic rings. The van der Waals surface area contributed by atoms with Crippen molar-refractivity contribution in [3.8, 4) is 11.5 Å². The van der Waals surface area contributed by atoms with Gasteiger partial charge in [-0.15, -0.1) is 0 Å². The molecule has 0 saturated heterocycles. The largest absolute Gasteiger partial charge is 0.337 e. The maximum atomic E-state index is 5.93. The molecule has 0 aliphatic rings. The molecule has 0 saturated carbocycles. The van der Waals surface area contributed by atoms with E-state index in [0.29, 0.717) is 17.4 Å². The van der Waals surface area contributed by atoms with E-state index in [0.717, 1.165) is 12.2 Å². The van der Waals surface area contributed by atoms with Crippen molar-refractivity contribution in [2.45, 2.75) is 12.5 Å². The van der Waals surface area contributed by atoms with Gasteiger partial charge < -0.3 is 10.3 Å². The number of thioether (sulfide) groups is 1. The molecule has 7 heteroatoms. The van der Waals surface area contributed by atoms with Gasteiger partial charge in [-0.2, -0.15) is 16.7 Å². The third-order valence-electron chi connectivity index (χ3n) is 2.18. The maximum Gasteiger partial charge on any atom is 0.243 e. The average Bonchev–Trinajstić information content (AvgIpc) is 2.86. The Morgan fingerprint density at radius 2 is 2.35 bits per heavy atom. The minimum absolute atomic E-state index is 0.222. The second-order valence-corrected chi connectivity index (χ2v) is 4.42. The Balaban J connectivity index is 2.11. The molecule has 0 radical (unpaired) electrons. The Bertz CT molecular complexity index is 461. The Labute approximate surface area is 103 Å². The van der Waals surface area contributed by atoms with Gasteiger partial charge in [-0.05, 0) is 18.4 Å². The number of nitrogens with zero attached hydrogens (tertiary/aromatic N) is 4. The maximum absolute atomic E-state index is 5.93. The number of hydrogen-bond donors (Lipinski definition) is 1. The third-order valence-corrected chi connectivity index (χ3v) is 2.83. The highest BCUT2D eigenvalue weighted by molar-refractivity contribution is 7.98. The van der Waals surface area contributed by atoms with E-state index >= 15 is 0 Å². The predicted octanol–water partition coefficient (Wildman–Crippen LogP) is 1.28. The van der Waals surface area contributed by atoms with Crippen molar-refractivity contribution < 1.29 is 4.52 Å². The Kier molecular flexibility index (Phi) is 4.05. The van der Waals surface area contributed by atoms with Crippen molar-refractivity contribution in [2.75, 3.05) is 12.0 Å². The van der Waals surface area contributed by atoms with Gasteiger partial charge in [0.2, 0.25) is 11.7 Å². The monoisotopic (exact) mass is 251 g/mol. The van der Waals surface area contributed by atoms with E-state index < -0.39 is 0 Å². The molecule has 90 valence electrons. The lowest BCUT2D eigenvalue weighted by molar-refractivity contribution is 0.353. The van der Waals surface area contributed by atoms with E-state index in [1.807, 2.05) is 6.26 Å². The lowest BCUT2D eigenvalue weighted by Gasteiger charge is -2.03. The van der Waals surface area contributed by atoms with Crippen LogP contribution in [0.15, 0.2) is 23.1 Å². The smallest absolute Gasteiger partial charge is 0.243 e. The van der Waals surface area contributed by atoms with Crippen molar-refractivity contribution in [2.24, 2.45) is 5.73 Å². The van der Waals surface area contributed by atoms with E-state index in [4.69, 9.17) is 10.3 Å². The molecule has 0 aromatic carbocycles. The van der Waals surface area contributed by atoms with Gasteiger partial charge in [0.25, 0.3) is 0 Å². The predicted molar refractivity (Wildman–Crippen MR) is 65.3 cm³/mol. The number of nitrogens with two attached hydrogens (primary N) is 1. The lowest BCUT2D eigenvalue weighted by Crippen LogP contribution is -2.11. The fourth-order valence-corrected chi connectivity index (χ4v) is 1.76. The molecule has 2 N–H and O–H groups in total. The zero-order valence-corrected chi connectivity index (χ0v) is 10.2. The molecule has 6 nitrogen and oxygen atoms in total. The van der Waals surface area contributed by atoms with Crippen LogP contribution in [-0.2, 0) is 0 Å². The average molecular weight is 251 g/mol. The van der Waals surface area contributed by atoms with Gasteiger partial charge in [0.1, 0.15) is 5.69 Å². The summed E-state index contributed by atoms with van der Waals surface area (Å²) in [6.45, 7) is 0. The van der Waals surface area contributed by atoms with Crippen LogP contribution in [0.1, 0.15) is 18.4 Å². The molecule has 2 aromatic heterocycles. The van der Waals surface area contributed by atoms with Gasteiger partial charge in [-0.1, -0.05) is 5.16 Å². The van der Waals surface area contributed by atoms with Crippen LogP contribution in [0.3, 0.4) is 0 Å². The van der Waals surface area contributed by atoms with E-state index in [-0.39, 0.29) is 6.04 Å². The summed E-state index contributed by atoms with van der Waals surface area (Å²) in [5.74, 6) is 1.83. The summed E-state index contributed by atoms with van der Waals surface area (Å²) in [6, 6.07) is -0.222. The fourth-order valence-electron chi connectivity index (χ4n) is 1.27. The standard InChI is InChI=1S/C10H13N5OS/c1-17-5-2-7(11)10-14-9(15-16-10)8-6-12-3-4-13-8/h3-4,6-7H,2,5,11H2,1H3. The SMILES string of the molecule is CSCCC(N)c1nc(-c2cnccn2)no1. The molecule has 0 spiro atoms. The van der Waals surface area contributed by atoms with Crippen LogP contribution in [-0.4, -0.2) is 32.1 Å².